The highest BCUT2D eigenvalue weighted by Gasteiger charge is 2.45. The van der Waals surface area contributed by atoms with Crippen LogP contribution < -0.4 is 15.4 Å². The number of ether oxygens (including phenoxy) is 1. The van der Waals surface area contributed by atoms with E-state index in [1.54, 1.807) is 7.11 Å². The maximum atomic E-state index is 13.7. The molecule has 1 unspecified atom stereocenters. The first-order valence-electron chi connectivity index (χ1n) is 11.4. The minimum Gasteiger partial charge on any atom is -0.497 e. The first-order chi connectivity index (χ1) is 16.7. The molecule has 0 spiro atoms. The zero-order valence-electron chi connectivity index (χ0n) is 19.8. The zero-order chi connectivity index (χ0) is 24.9. The van der Waals surface area contributed by atoms with Crippen LogP contribution in [0.2, 0.25) is 5.15 Å². The Morgan fingerprint density at radius 1 is 1.17 bits per heavy atom. The van der Waals surface area contributed by atoms with Gasteiger partial charge in [-0.1, -0.05) is 43.6 Å². The van der Waals surface area contributed by atoms with Crippen LogP contribution in [0.25, 0.3) is 10.9 Å². The van der Waals surface area contributed by atoms with Gasteiger partial charge in [0.25, 0.3) is 0 Å². The number of aromatic nitrogens is 1. The van der Waals surface area contributed by atoms with Crippen molar-refractivity contribution in [1.29, 1.82) is 5.26 Å². The fourth-order valence-corrected chi connectivity index (χ4v) is 5.41. The minimum atomic E-state index is -0.683. The standard InChI is InChI=1S/C28H25ClN4O2/c1-28(2)13-22-25(23(34)14-28)24(19-12-16-6-4-5-7-21(16)32-26(19)29)20(15-30)27(31)33(22)17-8-10-18(35-3)11-9-17/h4-12,24H,13-14,31H2,1-3H3. The smallest absolute Gasteiger partial charge is 0.162 e. The van der Waals surface area contributed by atoms with Gasteiger partial charge in [-0.3, -0.25) is 9.69 Å². The van der Waals surface area contributed by atoms with Gasteiger partial charge in [0.05, 0.1) is 30.2 Å². The lowest BCUT2D eigenvalue weighted by Crippen LogP contribution is -2.42. The van der Waals surface area contributed by atoms with Gasteiger partial charge in [0.2, 0.25) is 0 Å². The summed E-state index contributed by atoms with van der Waals surface area (Å²) in [5, 5.41) is 11.4. The number of nitriles is 1. The van der Waals surface area contributed by atoms with Crippen LogP contribution in [0.15, 0.2) is 77.3 Å². The predicted octanol–water partition coefficient (Wildman–Crippen LogP) is 5.84. The lowest BCUT2D eigenvalue weighted by molar-refractivity contribution is -0.118. The van der Waals surface area contributed by atoms with E-state index in [0.717, 1.165) is 22.3 Å². The summed E-state index contributed by atoms with van der Waals surface area (Å²) >= 11 is 6.68. The average Bonchev–Trinajstić information content (AvgIpc) is 2.82. The summed E-state index contributed by atoms with van der Waals surface area (Å²) in [6.07, 6.45) is 0.991. The number of benzene rings is 2. The number of hydrogen-bond acceptors (Lipinski definition) is 6. The van der Waals surface area contributed by atoms with Gasteiger partial charge in [-0.25, -0.2) is 4.98 Å². The number of fused-ring (bicyclic) bond motifs is 1. The summed E-state index contributed by atoms with van der Waals surface area (Å²) in [5.74, 6) is 0.299. The second-order valence-electron chi connectivity index (χ2n) is 9.74. The first-order valence-corrected chi connectivity index (χ1v) is 11.8. The summed E-state index contributed by atoms with van der Waals surface area (Å²) in [6, 6.07) is 19.3. The second kappa shape index (κ2) is 8.44. The highest BCUT2D eigenvalue weighted by Crippen LogP contribution is 2.51. The molecule has 1 aromatic heterocycles. The van der Waals surface area contributed by atoms with Crippen LogP contribution in [-0.2, 0) is 4.79 Å². The SMILES string of the molecule is COc1ccc(N2C(N)=C(C#N)C(c3cc4ccccc4nc3Cl)C3=C2CC(C)(C)CC3=O)cc1. The van der Waals surface area contributed by atoms with Crippen molar-refractivity contribution in [2.45, 2.75) is 32.6 Å². The van der Waals surface area contributed by atoms with Crippen molar-refractivity contribution in [3.63, 3.8) is 0 Å². The number of pyridine rings is 1. The van der Waals surface area contributed by atoms with E-state index in [1.165, 1.54) is 0 Å². The second-order valence-corrected chi connectivity index (χ2v) is 10.1. The number of Topliss-reactive ketones (excluding diaryl/α,β-unsaturated/α-hetero) is 1. The summed E-state index contributed by atoms with van der Waals surface area (Å²) in [6.45, 7) is 4.14. The van der Waals surface area contributed by atoms with Crippen molar-refractivity contribution in [2.75, 3.05) is 12.0 Å². The number of methoxy groups -OCH3 is 1. The topological polar surface area (TPSA) is 92.2 Å². The van der Waals surface area contributed by atoms with Gasteiger partial charge in [-0.15, -0.1) is 0 Å². The predicted molar refractivity (Wildman–Crippen MR) is 137 cm³/mol. The summed E-state index contributed by atoms with van der Waals surface area (Å²) < 4.78 is 5.30. The summed E-state index contributed by atoms with van der Waals surface area (Å²) in [5.41, 5.74) is 10.2. The highest BCUT2D eigenvalue weighted by molar-refractivity contribution is 6.31. The fourth-order valence-electron chi connectivity index (χ4n) is 5.16. The summed E-state index contributed by atoms with van der Waals surface area (Å²) in [7, 11) is 1.60. The van der Waals surface area contributed by atoms with E-state index in [4.69, 9.17) is 22.1 Å². The summed E-state index contributed by atoms with van der Waals surface area (Å²) in [4.78, 5) is 20.1. The molecule has 2 heterocycles. The van der Waals surface area contributed by atoms with Gasteiger partial charge >= 0.3 is 0 Å². The Labute approximate surface area is 209 Å². The molecule has 1 aliphatic heterocycles. The molecule has 0 bridgehead atoms. The highest BCUT2D eigenvalue weighted by atomic mass is 35.5. The number of halogens is 1. The van der Waals surface area contributed by atoms with Crippen molar-refractivity contribution >= 4 is 34.0 Å². The van der Waals surface area contributed by atoms with Gasteiger partial charge in [-0.2, -0.15) is 5.26 Å². The molecule has 0 saturated carbocycles. The molecule has 35 heavy (non-hydrogen) atoms. The third kappa shape index (κ3) is 3.82. The van der Waals surface area contributed by atoms with Crippen LogP contribution in [0, 0.1) is 16.7 Å². The van der Waals surface area contributed by atoms with Crippen molar-refractivity contribution < 1.29 is 9.53 Å². The van der Waals surface area contributed by atoms with Crippen molar-refractivity contribution in [3.05, 3.63) is 88.0 Å². The fraction of sp³-hybridized carbons (Fsp3) is 0.250. The maximum Gasteiger partial charge on any atom is 0.162 e. The van der Waals surface area contributed by atoms with Crippen molar-refractivity contribution in [2.24, 2.45) is 11.1 Å². The molecule has 2 aliphatic rings. The number of nitrogens with zero attached hydrogens (tertiary/aromatic N) is 3. The minimum absolute atomic E-state index is 0.00997. The van der Waals surface area contributed by atoms with Gasteiger partial charge < -0.3 is 10.5 Å². The van der Waals surface area contributed by atoms with Gasteiger partial charge in [0.15, 0.2) is 5.78 Å². The van der Waals surface area contributed by atoms with Crippen LogP contribution in [0.3, 0.4) is 0 Å². The van der Waals surface area contributed by atoms with Crippen LogP contribution in [-0.4, -0.2) is 17.9 Å². The molecule has 176 valence electrons. The zero-order valence-corrected chi connectivity index (χ0v) is 20.6. The van der Waals surface area contributed by atoms with Gasteiger partial charge in [0.1, 0.15) is 16.7 Å². The van der Waals surface area contributed by atoms with Crippen LogP contribution in [0.1, 0.15) is 38.2 Å². The lowest BCUT2D eigenvalue weighted by atomic mass is 9.68. The molecule has 0 amide bonds. The molecule has 6 nitrogen and oxygen atoms in total. The Kier molecular flexibility index (Phi) is 5.53. The molecule has 1 atom stereocenters. The number of hydrogen-bond donors (Lipinski definition) is 1. The van der Waals surface area contributed by atoms with E-state index in [9.17, 15) is 10.1 Å². The van der Waals surface area contributed by atoms with E-state index < -0.39 is 5.92 Å². The molecule has 1 aliphatic carbocycles. The number of allylic oxidation sites excluding steroid dienone is 3. The van der Waals surface area contributed by atoms with Gasteiger partial charge in [-0.05, 0) is 48.2 Å². The Bertz CT molecular complexity index is 1460. The normalized spacial score (nSPS) is 19.6. The number of nitrogens with two attached hydrogens (primary N) is 1. The number of anilines is 1. The Hall–Kier alpha value is -3.82. The monoisotopic (exact) mass is 484 g/mol. The van der Waals surface area contributed by atoms with Crippen molar-refractivity contribution in [1.82, 2.24) is 4.98 Å². The number of carbonyl (C=O) groups is 1. The molecule has 3 aromatic rings. The molecule has 7 heteroatoms. The molecule has 2 aromatic carbocycles. The molecular formula is C28H25ClN4O2. The molecule has 0 fully saturated rings. The largest absolute Gasteiger partial charge is 0.497 e. The van der Waals surface area contributed by atoms with Crippen LogP contribution in [0.4, 0.5) is 5.69 Å². The number of carbonyl (C=O) groups excluding carboxylic acids is 1. The van der Waals surface area contributed by atoms with Crippen molar-refractivity contribution in [3.8, 4) is 11.8 Å². The Balaban J connectivity index is 1.78. The van der Waals surface area contributed by atoms with Gasteiger partial charge in [0, 0.05) is 34.3 Å². The van der Waals surface area contributed by atoms with E-state index >= 15 is 0 Å². The third-order valence-corrected chi connectivity index (χ3v) is 7.03. The van der Waals surface area contributed by atoms with Crippen LogP contribution in [0.5, 0.6) is 5.75 Å². The first kappa shape index (κ1) is 22.9. The van der Waals surface area contributed by atoms with Crippen LogP contribution >= 0.6 is 11.6 Å². The Morgan fingerprint density at radius 3 is 2.57 bits per heavy atom. The number of rotatable bonds is 3. The number of para-hydroxylation sites is 1. The van der Waals surface area contributed by atoms with E-state index in [2.05, 4.69) is 24.9 Å². The maximum absolute atomic E-state index is 13.7. The Morgan fingerprint density at radius 2 is 1.89 bits per heavy atom. The molecule has 5 rings (SSSR count). The molecular weight excluding hydrogens is 460 g/mol. The third-order valence-electron chi connectivity index (χ3n) is 6.73. The van der Waals surface area contributed by atoms with E-state index in [0.29, 0.717) is 29.7 Å². The molecule has 2 N–H and O–H groups in total. The van der Waals surface area contributed by atoms with E-state index in [-0.39, 0.29) is 27.7 Å². The average molecular weight is 485 g/mol. The molecule has 0 saturated heterocycles. The number of ketones is 1. The quantitative estimate of drug-likeness (QED) is 0.469. The van der Waals surface area contributed by atoms with E-state index in [1.807, 2.05) is 59.5 Å². The molecule has 0 radical (unpaired) electrons. The lowest BCUT2D eigenvalue weighted by Gasteiger charge is -2.43.